The molecule has 1 aliphatic rings. The van der Waals surface area contributed by atoms with Crippen LogP contribution in [0.1, 0.15) is 30.0 Å². The van der Waals surface area contributed by atoms with E-state index in [1.807, 2.05) is 30.3 Å². The number of nitrogens with zero attached hydrogens (tertiary/aromatic N) is 2. The number of rotatable bonds is 6. The van der Waals surface area contributed by atoms with Crippen LogP contribution < -0.4 is 5.32 Å². The van der Waals surface area contributed by atoms with E-state index in [2.05, 4.69) is 15.2 Å². The number of thiocarbonyl (C=S) groups is 1. The number of pyridine rings is 1. The first-order valence-corrected chi connectivity index (χ1v) is 7.72. The fourth-order valence-electron chi connectivity index (χ4n) is 2.79. The van der Waals surface area contributed by atoms with Crippen molar-refractivity contribution < 1.29 is 9.15 Å². The Morgan fingerprint density at radius 3 is 2.95 bits per heavy atom. The van der Waals surface area contributed by atoms with Gasteiger partial charge in [-0.25, -0.2) is 0 Å². The molecule has 0 saturated carbocycles. The molecule has 116 valence electrons. The highest BCUT2D eigenvalue weighted by atomic mass is 32.1. The average molecular weight is 317 g/mol. The first kappa shape index (κ1) is 15.0. The Morgan fingerprint density at radius 2 is 2.27 bits per heavy atom. The Bertz CT molecular complexity index is 603. The number of hydrogen-bond donors (Lipinski definition) is 1. The fraction of sp³-hybridized carbons (Fsp3) is 0.375. The van der Waals surface area contributed by atoms with E-state index in [0.717, 1.165) is 29.5 Å². The van der Waals surface area contributed by atoms with Gasteiger partial charge in [-0.1, -0.05) is 6.07 Å². The topological polar surface area (TPSA) is 50.5 Å². The van der Waals surface area contributed by atoms with Crippen molar-refractivity contribution in [3.05, 3.63) is 54.2 Å². The number of nitrogens with one attached hydrogen (secondary N) is 1. The second kappa shape index (κ2) is 6.89. The third-order valence-corrected chi connectivity index (χ3v) is 4.13. The minimum absolute atomic E-state index is 0.00857. The van der Waals surface area contributed by atoms with Crippen LogP contribution in [0, 0.1) is 0 Å². The van der Waals surface area contributed by atoms with Crippen molar-refractivity contribution in [2.45, 2.75) is 18.5 Å². The minimum Gasteiger partial charge on any atom is -0.467 e. The average Bonchev–Trinajstić information content (AvgIpc) is 3.17. The molecule has 0 bridgehead atoms. The Labute approximate surface area is 135 Å². The Morgan fingerprint density at radius 1 is 1.36 bits per heavy atom. The summed E-state index contributed by atoms with van der Waals surface area (Å²) >= 11 is 5.52. The molecule has 0 aliphatic carbocycles. The van der Waals surface area contributed by atoms with E-state index >= 15 is 0 Å². The van der Waals surface area contributed by atoms with Gasteiger partial charge < -0.3 is 19.4 Å². The molecule has 2 aromatic heterocycles. The molecule has 2 unspecified atom stereocenters. The highest BCUT2D eigenvalue weighted by molar-refractivity contribution is 7.80. The summed E-state index contributed by atoms with van der Waals surface area (Å²) in [6.45, 7) is 1.52. The molecular formula is C16H19N3O2S. The summed E-state index contributed by atoms with van der Waals surface area (Å²) in [4.78, 5) is 6.63. The van der Waals surface area contributed by atoms with Crippen molar-refractivity contribution in [1.82, 2.24) is 15.2 Å². The lowest BCUT2D eigenvalue weighted by molar-refractivity contribution is 0.177. The molecule has 22 heavy (non-hydrogen) atoms. The second-order valence-corrected chi connectivity index (χ2v) is 5.57. The highest BCUT2D eigenvalue weighted by Gasteiger charge is 2.40. The maximum absolute atomic E-state index is 5.65. The van der Waals surface area contributed by atoms with Gasteiger partial charge in [0.25, 0.3) is 0 Å². The van der Waals surface area contributed by atoms with Crippen molar-refractivity contribution in [3.8, 4) is 0 Å². The van der Waals surface area contributed by atoms with Crippen molar-refractivity contribution >= 4 is 17.3 Å². The van der Waals surface area contributed by atoms with Gasteiger partial charge in [0.05, 0.1) is 18.0 Å². The number of ether oxygens (including phenoxy) is 1. The third-order valence-electron chi connectivity index (χ3n) is 3.78. The fourth-order valence-corrected chi connectivity index (χ4v) is 3.13. The quantitative estimate of drug-likeness (QED) is 0.653. The maximum atomic E-state index is 5.65. The van der Waals surface area contributed by atoms with Gasteiger partial charge in [-0.3, -0.25) is 4.98 Å². The van der Waals surface area contributed by atoms with Crippen molar-refractivity contribution in [2.24, 2.45) is 0 Å². The van der Waals surface area contributed by atoms with Crippen molar-refractivity contribution in [3.63, 3.8) is 0 Å². The highest BCUT2D eigenvalue weighted by Crippen LogP contribution is 2.38. The van der Waals surface area contributed by atoms with E-state index in [0.29, 0.717) is 6.61 Å². The predicted molar refractivity (Wildman–Crippen MR) is 87.4 cm³/mol. The molecule has 2 atom stereocenters. The molecule has 6 heteroatoms. The van der Waals surface area contributed by atoms with Gasteiger partial charge >= 0.3 is 0 Å². The first-order chi connectivity index (χ1) is 10.8. The molecule has 3 rings (SSSR count). The van der Waals surface area contributed by atoms with Crippen LogP contribution in [0.5, 0.6) is 0 Å². The molecule has 1 fully saturated rings. The zero-order valence-electron chi connectivity index (χ0n) is 12.4. The summed E-state index contributed by atoms with van der Waals surface area (Å²) < 4.78 is 10.8. The van der Waals surface area contributed by atoms with E-state index in [1.54, 1.807) is 19.6 Å². The maximum Gasteiger partial charge on any atom is 0.170 e. The summed E-state index contributed by atoms with van der Waals surface area (Å²) in [6, 6.07) is 9.79. The summed E-state index contributed by atoms with van der Waals surface area (Å²) in [7, 11) is 1.71. The normalized spacial score (nSPS) is 21.1. The van der Waals surface area contributed by atoms with E-state index in [9.17, 15) is 0 Å². The lowest BCUT2D eigenvalue weighted by Gasteiger charge is -2.25. The van der Waals surface area contributed by atoms with E-state index < -0.39 is 0 Å². The molecule has 3 heterocycles. The van der Waals surface area contributed by atoms with Gasteiger partial charge in [0.2, 0.25) is 0 Å². The van der Waals surface area contributed by atoms with Crippen molar-refractivity contribution in [2.75, 3.05) is 20.3 Å². The molecule has 1 aliphatic heterocycles. The number of aromatic nitrogens is 1. The minimum atomic E-state index is -0.0117. The smallest absolute Gasteiger partial charge is 0.170 e. The standard InChI is InChI=1S/C16H19N3O2S/c1-20-10-5-9-19-15(13-7-4-11-21-13)14(18-16(19)22)12-6-2-3-8-17-12/h2-4,6-8,11,14-15H,5,9-10H2,1H3,(H,18,22). The SMILES string of the molecule is COCCCN1C(=S)NC(c2ccccn2)C1c1ccco1. The molecule has 0 radical (unpaired) electrons. The van der Waals surface area contributed by atoms with E-state index in [-0.39, 0.29) is 12.1 Å². The van der Waals surface area contributed by atoms with Crippen LogP contribution in [0.2, 0.25) is 0 Å². The van der Waals surface area contributed by atoms with Gasteiger partial charge in [0.15, 0.2) is 5.11 Å². The lowest BCUT2D eigenvalue weighted by Crippen LogP contribution is -2.31. The lowest BCUT2D eigenvalue weighted by atomic mass is 10.0. The summed E-state index contributed by atoms with van der Waals surface area (Å²) in [5.41, 5.74) is 0.959. The Kier molecular flexibility index (Phi) is 4.70. The molecule has 0 amide bonds. The predicted octanol–water partition coefficient (Wildman–Crippen LogP) is 2.68. The molecule has 0 spiro atoms. The largest absolute Gasteiger partial charge is 0.467 e. The van der Waals surface area contributed by atoms with Gasteiger partial charge in [-0.2, -0.15) is 0 Å². The van der Waals surface area contributed by atoms with Crippen molar-refractivity contribution in [1.29, 1.82) is 0 Å². The summed E-state index contributed by atoms with van der Waals surface area (Å²) in [5.74, 6) is 0.889. The zero-order valence-corrected chi connectivity index (χ0v) is 13.3. The molecule has 5 nitrogen and oxygen atoms in total. The number of methoxy groups -OCH3 is 1. The third kappa shape index (κ3) is 2.98. The monoisotopic (exact) mass is 317 g/mol. The number of furan rings is 1. The Balaban J connectivity index is 1.88. The second-order valence-electron chi connectivity index (χ2n) is 5.18. The molecular weight excluding hydrogens is 298 g/mol. The molecule has 0 aromatic carbocycles. The van der Waals surface area contributed by atoms with Gasteiger partial charge in [0, 0.05) is 26.5 Å². The zero-order chi connectivity index (χ0) is 15.4. The van der Waals surface area contributed by atoms with Crippen LogP contribution >= 0.6 is 12.2 Å². The van der Waals surface area contributed by atoms with Gasteiger partial charge in [-0.15, -0.1) is 0 Å². The summed E-state index contributed by atoms with van der Waals surface area (Å²) in [5, 5.41) is 4.11. The number of hydrogen-bond acceptors (Lipinski definition) is 4. The van der Waals surface area contributed by atoms with Crippen LogP contribution in [0.25, 0.3) is 0 Å². The van der Waals surface area contributed by atoms with Crippen LogP contribution in [-0.4, -0.2) is 35.3 Å². The Hall–Kier alpha value is -1.92. The van der Waals surface area contributed by atoms with Crippen LogP contribution in [0.15, 0.2) is 47.2 Å². The molecule has 2 aromatic rings. The van der Waals surface area contributed by atoms with Crippen LogP contribution in [0.4, 0.5) is 0 Å². The first-order valence-electron chi connectivity index (χ1n) is 7.31. The molecule has 1 N–H and O–H groups in total. The van der Waals surface area contributed by atoms with E-state index in [1.165, 1.54) is 0 Å². The van der Waals surface area contributed by atoms with Gasteiger partial charge in [0.1, 0.15) is 11.8 Å². The van der Waals surface area contributed by atoms with E-state index in [4.69, 9.17) is 21.4 Å². The van der Waals surface area contributed by atoms with Crippen LogP contribution in [0.3, 0.4) is 0 Å². The summed E-state index contributed by atoms with van der Waals surface area (Å²) in [6.07, 6.45) is 4.40. The molecule has 1 saturated heterocycles. The van der Waals surface area contributed by atoms with Gasteiger partial charge in [-0.05, 0) is 42.9 Å². The van der Waals surface area contributed by atoms with Crippen LogP contribution in [-0.2, 0) is 4.74 Å².